The monoisotopic (exact) mass is 287 g/mol. The van der Waals surface area contributed by atoms with E-state index in [2.05, 4.69) is 9.97 Å². The average molecular weight is 287 g/mol. The quantitative estimate of drug-likeness (QED) is 0.815. The second-order valence-corrected chi connectivity index (χ2v) is 5.75. The molecule has 0 bridgehead atoms. The van der Waals surface area contributed by atoms with Gasteiger partial charge in [-0.05, 0) is 32.1 Å². The van der Waals surface area contributed by atoms with Crippen LogP contribution in [0.1, 0.15) is 16.3 Å². The maximum absolute atomic E-state index is 11.6. The summed E-state index contributed by atoms with van der Waals surface area (Å²) in [6, 6.07) is 3.98. The number of rotatable bonds is 3. The lowest BCUT2D eigenvalue weighted by Gasteiger charge is -2.04. The minimum Gasteiger partial charge on any atom is -0.345 e. The Labute approximate surface area is 122 Å². The molecule has 20 heavy (non-hydrogen) atoms. The van der Waals surface area contributed by atoms with Crippen molar-refractivity contribution in [1.82, 2.24) is 14.9 Å². The summed E-state index contributed by atoms with van der Waals surface area (Å²) < 4.78 is 0. The number of hydrogen-bond donors (Lipinski definition) is 0. The number of carbonyl (C=O) groups excluding carboxylic acids is 1. The molecule has 2 rings (SSSR count). The summed E-state index contributed by atoms with van der Waals surface area (Å²) in [5, 5.41) is 0.923. The van der Waals surface area contributed by atoms with Gasteiger partial charge >= 0.3 is 0 Å². The molecule has 0 N–H and O–H groups in total. The van der Waals surface area contributed by atoms with Crippen LogP contribution in [-0.4, -0.2) is 34.9 Å². The van der Waals surface area contributed by atoms with Crippen LogP contribution < -0.4 is 0 Å². The predicted octanol–water partition coefficient (Wildman–Crippen LogP) is 2.92. The van der Waals surface area contributed by atoms with E-state index in [1.165, 1.54) is 4.90 Å². The van der Waals surface area contributed by atoms with E-state index in [0.717, 1.165) is 26.8 Å². The average Bonchev–Trinajstić information content (AvgIpc) is 2.78. The topological polar surface area (TPSA) is 46.1 Å². The molecule has 0 aliphatic carbocycles. The molecule has 104 valence electrons. The van der Waals surface area contributed by atoms with Crippen molar-refractivity contribution in [2.45, 2.75) is 13.8 Å². The highest BCUT2D eigenvalue weighted by atomic mass is 32.1. The molecule has 0 aliphatic heterocycles. The number of nitrogens with zero attached hydrogens (tertiary/aromatic N) is 3. The number of pyridine rings is 1. The normalized spacial score (nSPS) is 11.0. The number of thiazole rings is 1. The van der Waals surface area contributed by atoms with Gasteiger partial charge in [-0.1, -0.05) is 0 Å². The zero-order valence-electron chi connectivity index (χ0n) is 12.0. The fourth-order valence-corrected chi connectivity index (χ4v) is 2.54. The van der Waals surface area contributed by atoms with Gasteiger partial charge in [0.15, 0.2) is 0 Å². The summed E-state index contributed by atoms with van der Waals surface area (Å²) in [5.41, 5.74) is 2.91. The lowest BCUT2D eigenvalue weighted by molar-refractivity contribution is -0.123. The van der Waals surface area contributed by atoms with Crippen molar-refractivity contribution in [2.75, 3.05) is 14.1 Å². The van der Waals surface area contributed by atoms with Crippen LogP contribution in [0.4, 0.5) is 0 Å². The first kappa shape index (κ1) is 14.4. The first-order chi connectivity index (χ1) is 9.47. The van der Waals surface area contributed by atoms with Gasteiger partial charge in [0, 0.05) is 37.6 Å². The largest absolute Gasteiger partial charge is 0.345 e. The van der Waals surface area contributed by atoms with E-state index in [-0.39, 0.29) is 5.91 Å². The molecule has 0 aromatic carbocycles. The lowest BCUT2D eigenvalue weighted by atomic mass is 10.2. The Morgan fingerprint density at radius 2 is 2.05 bits per heavy atom. The van der Waals surface area contributed by atoms with E-state index in [9.17, 15) is 4.79 Å². The molecule has 2 aromatic heterocycles. The number of aryl methyl sites for hydroxylation is 2. The molecule has 2 aromatic rings. The van der Waals surface area contributed by atoms with E-state index in [0.29, 0.717) is 0 Å². The van der Waals surface area contributed by atoms with Crippen LogP contribution in [0.15, 0.2) is 24.4 Å². The molecular weight excluding hydrogens is 270 g/mol. The Hall–Kier alpha value is -2.01. The molecule has 4 nitrogen and oxygen atoms in total. The highest BCUT2D eigenvalue weighted by molar-refractivity contribution is 7.16. The lowest BCUT2D eigenvalue weighted by Crippen LogP contribution is -2.18. The van der Waals surface area contributed by atoms with Crippen LogP contribution in [-0.2, 0) is 4.79 Å². The summed E-state index contributed by atoms with van der Waals surface area (Å²) >= 11 is 1.56. The van der Waals surface area contributed by atoms with Crippen LogP contribution in [0, 0.1) is 13.8 Å². The molecule has 0 atom stereocenters. The molecule has 5 heteroatoms. The van der Waals surface area contributed by atoms with E-state index in [1.54, 1.807) is 31.5 Å². The van der Waals surface area contributed by atoms with Crippen LogP contribution in [0.5, 0.6) is 0 Å². The van der Waals surface area contributed by atoms with Gasteiger partial charge < -0.3 is 4.90 Å². The van der Waals surface area contributed by atoms with Crippen molar-refractivity contribution in [3.05, 3.63) is 40.7 Å². The molecule has 0 fully saturated rings. The van der Waals surface area contributed by atoms with Crippen molar-refractivity contribution in [3.63, 3.8) is 0 Å². The Morgan fingerprint density at radius 3 is 2.65 bits per heavy atom. The van der Waals surface area contributed by atoms with Gasteiger partial charge in [-0.2, -0.15) is 0 Å². The minimum absolute atomic E-state index is 0.0312. The molecule has 1 amide bonds. The molecule has 0 unspecified atom stereocenters. The number of likely N-dealkylation sites (N-methyl/N-ethyl adjacent to an activating group) is 1. The number of hydrogen-bond acceptors (Lipinski definition) is 4. The van der Waals surface area contributed by atoms with Crippen molar-refractivity contribution in [3.8, 4) is 10.6 Å². The van der Waals surface area contributed by atoms with Crippen LogP contribution in [0.3, 0.4) is 0 Å². The highest BCUT2D eigenvalue weighted by Gasteiger charge is 2.08. The van der Waals surface area contributed by atoms with E-state index in [4.69, 9.17) is 0 Å². The Morgan fingerprint density at radius 1 is 1.30 bits per heavy atom. The fourth-order valence-electron chi connectivity index (χ4n) is 1.58. The standard InChI is InChI=1S/C15H17N3OS/c1-10-5-6-12(9-16-10)15-17-11(2)13(20-15)7-8-14(19)18(3)4/h5-9H,1-4H3. The summed E-state index contributed by atoms with van der Waals surface area (Å²) in [5.74, 6) is -0.0312. The van der Waals surface area contributed by atoms with Gasteiger partial charge in [0.1, 0.15) is 5.01 Å². The predicted molar refractivity (Wildman–Crippen MR) is 82.5 cm³/mol. The van der Waals surface area contributed by atoms with Crippen molar-refractivity contribution in [2.24, 2.45) is 0 Å². The Kier molecular flexibility index (Phi) is 4.29. The number of carbonyl (C=O) groups is 1. The third-order valence-corrected chi connectivity index (χ3v) is 3.98. The molecule has 0 spiro atoms. The smallest absolute Gasteiger partial charge is 0.246 e. The maximum atomic E-state index is 11.6. The SMILES string of the molecule is Cc1ccc(-c2nc(C)c(C=CC(=O)N(C)C)s2)cn1. The van der Waals surface area contributed by atoms with Gasteiger partial charge in [0.25, 0.3) is 0 Å². The van der Waals surface area contributed by atoms with Crippen LogP contribution in [0.25, 0.3) is 16.6 Å². The zero-order chi connectivity index (χ0) is 14.7. The second-order valence-electron chi connectivity index (χ2n) is 4.72. The third kappa shape index (κ3) is 3.30. The Balaban J connectivity index is 2.26. The number of aromatic nitrogens is 2. The first-order valence-electron chi connectivity index (χ1n) is 6.27. The maximum Gasteiger partial charge on any atom is 0.246 e. The van der Waals surface area contributed by atoms with Gasteiger partial charge in [0.2, 0.25) is 5.91 Å². The van der Waals surface area contributed by atoms with Gasteiger partial charge in [0.05, 0.1) is 10.6 Å². The molecular formula is C15H17N3OS. The summed E-state index contributed by atoms with van der Waals surface area (Å²) in [4.78, 5) is 22.9. The highest BCUT2D eigenvalue weighted by Crippen LogP contribution is 2.28. The van der Waals surface area contributed by atoms with E-state index < -0.39 is 0 Å². The van der Waals surface area contributed by atoms with Gasteiger partial charge in [-0.25, -0.2) is 4.98 Å². The first-order valence-corrected chi connectivity index (χ1v) is 7.09. The minimum atomic E-state index is -0.0312. The molecule has 0 saturated heterocycles. The van der Waals surface area contributed by atoms with Crippen molar-refractivity contribution in [1.29, 1.82) is 0 Å². The molecule has 0 aliphatic rings. The summed E-state index contributed by atoms with van der Waals surface area (Å²) in [6.07, 6.45) is 5.21. The summed E-state index contributed by atoms with van der Waals surface area (Å²) in [6.45, 7) is 3.90. The fraction of sp³-hybridized carbons (Fsp3) is 0.267. The van der Waals surface area contributed by atoms with Crippen molar-refractivity contribution >= 4 is 23.3 Å². The zero-order valence-corrected chi connectivity index (χ0v) is 12.9. The van der Waals surface area contributed by atoms with Gasteiger partial charge in [-0.15, -0.1) is 11.3 Å². The second kappa shape index (κ2) is 5.96. The van der Waals surface area contributed by atoms with E-state index in [1.807, 2.05) is 38.3 Å². The van der Waals surface area contributed by atoms with Crippen LogP contribution >= 0.6 is 11.3 Å². The van der Waals surface area contributed by atoms with Crippen LogP contribution in [0.2, 0.25) is 0 Å². The Bertz CT molecular complexity index is 642. The number of amides is 1. The van der Waals surface area contributed by atoms with Gasteiger partial charge in [-0.3, -0.25) is 9.78 Å². The third-order valence-electron chi connectivity index (χ3n) is 2.81. The molecule has 2 heterocycles. The van der Waals surface area contributed by atoms with E-state index >= 15 is 0 Å². The summed E-state index contributed by atoms with van der Waals surface area (Å²) in [7, 11) is 3.46. The van der Waals surface area contributed by atoms with Crippen molar-refractivity contribution < 1.29 is 4.79 Å². The molecule has 0 radical (unpaired) electrons. The molecule has 0 saturated carbocycles.